The summed E-state index contributed by atoms with van der Waals surface area (Å²) in [6.45, 7) is 2.31. The zero-order valence-corrected chi connectivity index (χ0v) is 13.9. The van der Waals surface area contributed by atoms with Crippen molar-refractivity contribution in [2.75, 3.05) is 13.1 Å². The van der Waals surface area contributed by atoms with Crippen LogP contribution < -0.4 is 0 Å². The first-order valence-electron chi connectivity index (χ1n) is 8.11. The van der Waals surface area contributed by atoms with Crippen molar-refractivity contribution in [3.63, 3.8) is 0 Å². The first-order valence-corrected chi connectivity index (χ1v) is 8.11. The molecule has 0 fully saturated rings. The highest BCUT2D eigenvalue weighted by Gasteiger charge is 2.04. The minimum Gasteiger partial charge on any atom is -0.252 e. The maximum Gasteiger partial charge on any atom is 0.0827 e. The molecule has 2 heterocycles. The third kappa shape index (κ3) is 6.90. The van der Waals surface area contributed by atoms with E-state index in [2.05, 4.69) is 40.7 Å². The second-order valence-corrected chi connectivity index (χ2v) is 5.42. The Hall–Kier alpha value is -3.10. The van der Waals surface area contributed by atoms with E-state index >= 15 is 0 Å². The molecular weight excluding hydrogens is 324 g/mol. The second kappa shape index (κ2) is 10.6. The van der Waals surface area contributed by atoms with Gasteiger partial charge in [0, 0.05) is 48.4 Å². The van der Waals surface area contributed by atoms with Crippen LogP contribution in [0.5, 0.6) is 0 Å². The number of hydrogen-bond acceptors (Lipinski definition) is 6. The van der Waals surface area contributed by atoms with Crippen molar-refractivity contribution < 1.29 is 0 Å². The van der Waals surface area contributed by atoms with Gasteiger partial charge in [0.25, 0.3) is 0 Å². The molecule has 0 N–H and O–H groups in total. The monoisotopic (exact) mass is 344 g/mol. The molecule has 0 atom stereocenters. The smallest absolute Gasteiger partial charge is 0.0827 e. The summed E-state index contributed by atoms with van der Waals surface area (Å²) in [7, 11) is 0. The van der Waals surface area contributed by atoms with E-state index in [1.807, 2.05) is 12.4 Å². The fourth-order valence-corrected chi connectivity index (χ4v) is 2.27. The molecule has 12 nitrogen and oxygen atoms in total. The van der Waals surface area contributed by atoms with Crippen LogP contribution in [0.15, 0.2) is 22.6 Å². The number of azide groups is 2. The zero-order valence-electron chi connectivity index (χ0n) is 13.9. The molecule has 0 saturated carbocycles. The first kappa shape index (κ1) is 18.2. The van der Waals surface area contributed by atoms with Crippen molar-refractivity contribution >= 4 is 0 Å². The van der Waals surface area contributed by atoms with Gasteiger partial charge in [-0.15, -0.1) is 10.2 Å². The van der Waals surface area contributed by atoms with Crippen molar-refractivity contribution in [2.24, 2.45) is 10.2 Å². The van der Waals surface area contributed by atoms with Crippen molar-refractivity contribution in [1.82, 2.24) is 30.0 Å². The fraction of sp³-hybridized carbons (Fsp3) is 0.692. The van der Waals surface area contributed by atoms with Gasteiger partial charge in [0.05, 0.1) is 11.4 Å². The fourth-order valence-electron chi connectivity index (χ4n) is 2.27. The van der Waals surface area contributed by atoms with Gasteiger partial charge in [0.1, 0.15) is 0 Å². The molecule has 0 aromatic carbocycles. The van der Waals surface area contributed by atoms with E-state index in [-0.39, 0.29) is 0 Å². The molecule has 0 unspecified atom stereocenters. The Morgan fingerprint density at radius 3 is 1.72 bits per heavy atom. The Morgan fingerprint density at radius 1 is 0.800 bits per heavy atom. The molecule has 0 aliphatic heterocycles. The molecule has 25 heavy (non-hydrogen) atoms. The molecule has 0 aliphatic rings. The van der Waals surface area contributed by atoms with Crippen LogP contribution in [0.3, 0.4) is 0 Å². The lowest BCUT2D eigenvalue weighted by Crippen LogP contribution is -1.99. The van der Waals surface area contributed by atoms with E-state index < -0.39 is 0 Å². The third-order valence-corrected chi connectivity index (χ3v) is 3.46. The minimum atomic E-state index is 0.463. The average Bonchev–Trinajstić information content (AvgIpc) is 3.25. The summed E-state index contributed by atoms with van der Waals surface area (Å²) >= 11 is 0. The maximum atomic E-state index is 8.22. The van der Waals surface area contributed by atoms with Gasteiger partial charge in [0.15, 0.2) is 0 Å². The number of aromatic nitrogens is 6. The lowest BCUT2D eigenvalue weighted by atomic mass is 10.2. The predicted octanol–water partition coefficient (Wildman–Crippen LogP) is 2.45. The van der Waals surface area contributed by atoms with Gasteiger partial charge in [-0.25, -0.2) is 0 Å². The zero-order chi connectivity index (χ0) is 17.7. The van der Waals surface area contributed by atoms with E-state index in [1.165, 1.54) is 0 Å². The summed E-state index contributed by atoms with van der Waals surface area (Å²) in [4.78, 5) is 5.43. The van der Waals surface area contributed by atoms with Crippen LogP contribution >= 0.6 is 0 Å². The van der Waals surface area contributed by atoms with Gasteiger partial charge in [-0.05, 0) is 43.2 Å². The number of aryl methyl sites for hydroxylation is 4. The maximum absolute atomic E-state index is 8.22. The molecule has 2 aromatic rings. The minimum absolute atomic E-state index is 0.463. The predicted molar refractivity (Wildman–Crippen MR) is 89.3 cm³/mol. The van der Waals surface area contributed by atoms with Crippen LogP contribution in [0.1, 0.15) is 30.7 Å². The molecule has 0 spiro atoms. The summed E-state index contributed by atoms with van der Waals surface area (Å²) < 4.78 is 3.53. The van der Waals surface area contributed by atoms with E-state index in [9.17, 15) is 0 Å². The van der Waals surface area contributed by atoms with Crippen LogP contribution in [-0.4, -0.2) is 43.1 Å². The van der Waals surface area contributed by atoms with E-state index in [4.69, 9.17) is 11.1 Å². The molecular formula is C13H20N12. The quantitative estimate of drug-likeness (QED) is 0.250. The van der Waals surface area contributed by atoms with Crippen molar-refractivity contribution in [3.8, 4) is 0 Å². The van der Waals surface area contributed by atoms with Crippen LogP contribution in [0.4, 0.5) is 0 Å². The van der Waals surface area contributed by atoms with Gasteiger partial charge in [0.2, 0.25) is 0 Å². The molecule has 0 saturated heterocycles. The van der Waals surface area contributed by atoms with Crippen LogP contribution in [0.2, 0.25) is 0 Å². The molecule has 0 radical (unpaired) electrons. The van der Waals surface area contributed by atoms with Gasteiger partial charge < -0.3 is 0 Å². The first-order chi connectivity index (χ1) is 12.3. The Morgan fingerprint density at radius 2 is 1.28 bits per heavy atom. The Bertz CT molecular complexity index is 672. The van der Waals surface area contributed by atoms with E-state index in [1.54, 1.807) is 9.36 Å². The molecule has 2 rings (SSSR count). The summed E-state index contributed by atoms with van der Waals surface area (Å²) in [6.07, 6.45) is 7.88. The van der Waals surface area contributed by atoms with Crippen molar-refractivity contribution in [1.29, 1.82) is 0 Å². The van der Waals surface area contributed by atoms with Gasteiger partial charge >= 0.3 is 0 Å². The Kier molecular flexibility index (Phi) is 7.76. The molecule has 132 valence electrons. The molecule has 2 aromatic heterocycles. The topological polar surface area (TPSA) is 159 Å². The molecule has 0 amide bonds. The van der Waals surface area contributed by atoms with Crippen molar-refractivity contribution in [2.45, 2.75) is 45.2 Å². The van der Waals surface area contributed by atoms with Gasteiger partial charge in [-0.1, -0.05) is 20.7 Å². The highest BCUT2D eigenvalue weighted by molar-refractivity contribution is 4.96. The van der Waals surface area contributed by atoms with E-state index in [0.29, 0.717) is 26.2 Å². The molecule has 12 heteroatoms. The van der Waals surface area contributed by atoms with E-state index in [0.717, 1.165) is 43.5 Å². The normalized spacial score (nSPS) is 10.2. The summed E-state index contributed by atoms with van der Waals surface area (Å²) in [5.41, 5.74) is 18.3. The highest BCUT2D eigenvalue weighted by Crippen LogP contribution is 2.05. The molecule has 0 bridgehead atoms. The lowest BCUT2D eigenvalue weighted by molar-refractivity contribution is 0.563. The number of hydrogen-bond donors (Lipinski definition) is 0. The standard InChI is InChI=1S/C13H20N12/c14-20-16-6-2-8-24-10-12(18-22-24)4-1-5-13-11-25(23-19-13)9-3-7-17-21-15/h10-11H,1-9H2. The SMILES string of the molecule is [N-]=[N+]=NCCCn1cc(CCCc2cn(CCCN=[N+]=[N-])nn2)nn1. The van der Waals surface area contributed by atoms with Gasteiger partial charge in [-0.3, -0.25) is 9.36 Å². The summed E-state index contributed by atoms with van der Waals surface area (Å²) in [5.74, 6) is 0. The van der Waals surface area contributed by atoms with Gasteiger partial charge in [-0.2, -0.15) is 0 Å². The lowest BCUT2D eigenvalue weighted by Gasteiger charge is -1.97. The van der Waals surface area contributed by atoms with Crippen LogP contribution in [0, 0.1) is 0 Å². The van der Waals surface area contributed by atoms with Crippen LogP contribution in [0.25, 0.3) is 20.9 Å². The average molecular weight is 344 g/mol. The third-order valence-electron chi connectivity index (χ3n) is 3.46. The number of nitrogens with zero attached hydrogens (tertiary/aromatic N) is 12. The number of rotatable bonds is 12. The Labute approximate surface area is 144 Å². The van der Waals surface area contributed by atoms with Crippen LogP contribution in [-0.2, 0) is 25.9 Å². The molecule has 0 aliphatic carbocycles. The Balaban J connectivity index is 1.67. The van der Waals surface area contributed by atoms with Crippen molar-refractivity contribution in [3.05, 3.63) is 44.7 Å². The second-order valence-electron chi connectivity index (χ2n) is 5.42. The summed E-state index contributed by atoms with van der Waals surface area (Å²) in [5, 5.41) is 23.4. The largest absolute Gasteiger partial charge is 0.252 e. The highest BCUT2D eigenvalue weighted by atomic mass is 15.4. The summed E-state index contributed by atoms with van der Waals surface area (Å²) in [6, 6.07) is 0.